The summed E-state index contributed by atoms with van der Waals surface area (Å²) in [5.74, 6) is 0. The van der Waals surface area contributed by atoms with Gasteiger partial charge < -0.3 is 15.6 Å². The SMILES string of the molecule is CCCN(CCOCCO)C1(CN)CCCCC1. The van der Waals surface area contributed by atoms with Crippen molar-refractivity contribution in [2.45, 2.75) is 51.0 Å². The molecule has 4 nitrogen and oxygen atoms in total. The smallest absolute Gasteiger partial charge is 0.0698 e. The minimum atomic E-state index is 0.107. The van der Waals surface area contributed by atoms with Crippen LogP contribution in [-0.2, 0) is 4.74 Å². The molecule has 0 spiro atoms. The van der Waals surface area contributed by atoms with Gasteiger partial charge in [-0.25, -0.2) is 0 Å². The molecule has 1 saturated carbocycles. The fourth-order valence-electron chi connectivity index (χ4n) is 3.06. The zero-order chi connectivity index (χ0) is 13.3. The van der Waals surface area contributed by atoms with E-state index in [0.717, 1.165) is 26.1 Å². The van der Waals surface area contributed by atoms with E-state index in [1.165, 1.54) is 32.1 Å². The van der Waals surface area contributed by atoms with Gasteiger partial charge in [0.1, 0.15) is 0 Å². The van der Waals surface area contributed by atoms with Crippen molar-refractivity contribution in [3.63, 3.8) is 0 Å². The summed E-state index contributed by atoms with van der Waals surface area (Å²) in [7, 11) is 0. The highest BCUT2D eigenvalue weighted by atomic mass is 16.5. The minimum absolute atomic E-state index is 0.107. The number of hydrogen-bond donors (Lipinski definition) is 2. The third-order valence-electron chi connectivity index (χ3n) is 4.07. The third kappa shape index (κ3) is 4.50. The first-order chi connectivity index (χ1) is 8.79. The largest absolute Gasteiger partial charge is 0.394 e. The van der Waals surface area contributed by atoms with E-state index in [0.29, 0.717) is 13.2 Å². The van der Waals surface area contributed by atoms with Gasteiger partial charge in [0.05, 0.1) is 19.8 Å². The molecule has 0 radical (unpaired) electrons. The normalized spacial score (nSPS) is 19.3. The molecule has 18 heavy (non-hydrogen) atoms. The van der Waals surface area contributed by atoms with Gasteiger partial charge in [-0.05, 0) is 25.8 Å². The van der Waals surface area contributed by atoms with Crippen LogP contribution in [0.15, 0.2) is 0 Å². The maximum atomic E-state index is 8.72. The lowest BCUT2D eigenvalue weighted by molar-refractivity contribution is 0.0161. The van der Waals surface area contributed by atoms with E-state index in [-0.39, 0.29) is 12.1 Å². The van der Waals surface area contributed by atoms with Gasteiger partial charge in [0, 0.05) is 18.6 Å². The molecule has 1 aliphatic rings. The monoisotopic (exact) mass is 258 g/mol. The Kier molecular flexibility index (Phi) is 7.82. The van der Waals surface area contributed by atoms with Crippen molar-refractivity contribution in [2.24, 2.45) is 5.73 Å². The predicted molar refractivity (Wildman–Crippen MR) is 74.6 cm³/mol. The van der Waals surface area contributed by atoms with Crippen LogP contribution in [0.5, 0.6) is 0 Å². The van der Waals surface area contributed by atoms with Crippen molar-refractivity contribution in [3.05, 3.63) is 0 Å². The van der Waals surface area contributed by atoms with Crippen molar-refractivity contribution >= 4 is 0 Å². The molecule has 0 heterocycles. The van der Waals surface area contributed by atoms with Gasteiger partial charge in [-0.1, -0.05) is 26.2 Å². The number of nitrogens with two attached hydrogens (primary N) is 1. The zero-order valence-electron chi connectivity index (χ0n) is 11.9. The third-order valence-corrected chi connectivity index (χ3v) is 4.07. The second kappa shape index (κ2) is 8.86. The first-order valence-corrected chi connectivity index (χ1v) is 7.43. The topological polar surface area (TPSA) is 58.7 Å². The van der Waals surface area contributed by atoms with Crippen LogP contribution < -0.4 is 5.73 Å². The highest BCUT2D eigenvalue weighted by Gasteiger charge is 2.35. The summed E-state index contributed by atoms with van der Waals surface area (Å²) in [6.07, 6.45) is 7.56. The molecule has 0 amide bonds. The van der Waals surface area contributed by atoms with Gasteiger partial charge in [-0.15, -0.1) is 0 Å². The second-order valence-corrected chi connectivity index (χ2v) is 5.31. The number of ether oxygens (including phenoxy) is 1. The summed E-state index contributed by atoms with van der Waals surface area (Å²) in [6.45, 7) is 6.25. The average molecular weight is 258 g/mol. The van der Waals surface area contributed by atoms with Gasteiger partial charge >= 0.3 is 0 Å². The van der Waals surface area contributed by atoms with Gasteiger partial charge in [0.15, 0.2) is 0 Å². The summed E-state index contributed by atoms with van der Waals surface area (Å²) >= 11 is 0. The number of nitrogens with zero attached hydrogens (tertiary/aromatic N) is 1. The van der Waals surface area contributed by atoms with Crippen LogP contribution in [0.3, 0.4) is 0 Å². The highest BCUT2D eigenvalue weighted by Crippen LogP contribution is 2.32. The molecule has 0 aromatic rings. The molecule has 0 bridgehead atoms. The van der Waals surface area contributed by atoms with E-state index >= 15 is 0 Å². The van der Waals surface area contributed by atoms with Gasteiger partial charge in [-0.2, -0.15) is 0 Å². The van der Waals surface area contributed by atoms with Crippen molar-refractivity contribution in [1.82, 2.24) is 4.90 Å². The maximum Gasteiger partial charge on any atom is 0.0698 e. The van der Waals surface area contributed by atoms with Gasteiger partial charge in [0.2, 0.25) is 0 Å². The molecular weight excluding hydrogens is 228 g/mol. The minimum Gasteiger partial charge on any atom is -0.394 e. The molecule has 0 saturated heterocycles. The van der Waals surface area contributed by atoms with Crippen LogP contribution in [-0.4, -0.2) is 55.0 Å². The Morgan fingerprint density at radius 2 is 1.89 bits per heavy atom. The van der Waals surface area contributed by atoms with Crippen LogP contribution in [0.25, 0.3) is 0 Å². The lowest BCUT2D eigenvalue weighted by Gasteiger charge is -2.46. The van der Waals surface area contributed by atoms with E-state index in [1.807, 2.05) is 0 Å². The van der Waals surface area contributed by atoms with E-state index in [1.54, 1.807) is 0 Å². The maximum absolute atomic E-state index is 8.72. The summed E-state index contributed by atoms with van der Waals surface area (Å²) in [4.78, 5) is 2.53. The molecule has 1 fully saturated rings. The first kappa shape index (κ1) is 15.9. The lowest BCUT2D eigenvalue weighted by Crippen LogP contribution is -2.56. The van der Waals surface area contributed by atoms with Crippen molar-refractivity contribution in [3.8, 4) is 0 Å². The zero-order valence-corrected chi connectivity index (χ0v) is 11.9. The Hall–Kier alpha value is -0.160. The van der Waals surface area contributed by atoms with Crippen LogP contribution >= 0.6 is 0 Å². The van der Waals surface area contributed by atoms with Gasteiger partial charge in [-0.3, -0.25) is 4.90 Å². The molecule has 0 atom stereocenters. The van der Waals surface area contributed by atoms with Crippen LogP contribution in [0, 0.1) is 0 Å². The Bertz CT molecular complexity index is 206. The fourth-order valence-corrected chi connectivity index (χ4v) is 3.06. The Balaban J connectivity index is 2.50. The standard InChI is InChI=1S/C14H30N2O2/c1-2-8-16(9-11-18-12-10-17)14(13-15)6-4-3-5-7-14/h17H,2-13,15H2,1H3. The van der Waals surface area contributed by atoms with Gasteiger partial charge in [0.25, 0.3) is 0 Å². The highest BCUT2D eigenvalue weighted by molar-refractivity contribution is 4.94. The molecule has 0 aromatic heterocycles. The molecule has 0 aromatic carbocycles. The van der Waals surface area contributed by atoms with E-state index in [2.05, 4.69) is 11.8 Å². The summed E-state index contributed by atoms with van der Waals surface area (Å²) < 4.78 is 5.41. The Morgan fingerprint density at radius 3 is 2.44 bits per heavy atom. The number of aliphatic hydroxyl groups is 1. The lowest BCUT2D eigenvalue weighted by atomic mass is 9.80. The van der Waals surface area contributed by atoms with Crippen molar-refractivity contribution in [2.75, 3.05) is 39.5 Å². The molecular formula is C14H30N2O2. The molecule has 4 heteroatoms. The molecule has 0 unspecified atom stereocenters. The predicted octanol–water partition coefficient (Wildman–Crippen LogP) is 1.37. The van der Waals surface area contributed by atoms with E-state index in [4.69, 9.17) is 15.6 Å². The van der Waals surface area contributed by atoms with Crippen molar-refractivity contribution in [1.29, 1.82) is 0 Å². The quantitative estimate of drug-likeness (QED) is 0.613. The fraction of sp³-hybridized carbons (Fsp3) is 1.00. The molecule has 108 valence electrons. The van der Waals surface area contributed by atoms with E-state index < -0.39 is 0 Å². The average Bonchev–Trinajstić information content (AvgIpc) is 2.43. The summed E-state index contributed by atoms with van der Waals surface area (Å²) in [6, 6.07) is 0. The first-order valence-electron chi connectivity index (χ1n) is 7.43. The second-order valence-electron chi connectivity index (χ2n) is 5.31. The number of hydrogen-bond acceptors (Lipinski definition) is 4. The van der Waals surface area contributed by atoms with Crippen LogP contribution in [0.1, 0.15) is 45.4 Å². The van der Waals surface area contributed by atoms with E-state index in [9.17, 15) is 0 Å². The van der Waals surface area contributed by atoms with Crippen molar-refractivity contribution < 1.29 is 9.84 Å². The summed E-state index contributed by atoms with van der Waals surface area (Å²) in [5, 5.41) is 8.72. The van der Waals surface area contributed by atoms with Crippen LogP contribution in [0.4, 0.5) is 0 Å². The number of aliphatic hydroxyl groups excluding tert-OH is 1. The summed E-state index contributed by atoms with van der Waals surface area (Å²) in [5.41, 5.74) is 6.28. The van der Waals surface area contributed by atoms with Crippen LogP contribution in [0.2, 0.25) is 0 Å². The molecule has 3 N–H and O–H groups in total. The Labute approximate surface area is 111 Å². The Morgan fingerprint density at radius 1 is 1.17 bits per heavy atom. The molecule has 0 aliphatic heterocycles. The molecule has 1 rings (SSSR count). The number of rotatable bonds is 9. The molecule has 1 aliphatic carbocycles.